The van der Waals surface area contributed by atoms with Gasteiger partial charge in [-0.15, -0.1) is 0 Å². The van der Waals surface area contributed by atoms with Crippen LogP contribution in [0.4, 0.5) is 0 Å². The van der Waals surface area contributed by atoms with Crippen LogP contribution in [0.5, 0.6) is 0 Å². The van der Waals surface area contributed by atoms with Gasteiger partial charge < -0.3 is 37.3 Å². The van der Waals surface area contributed by atoms with Gasteiger partial charge in [0, 0.05) is 13.5 Å². The van der Waals surface area contributed by atoms with Crippen LogP contribution in [0.1, 0.15) is 60.8 Å². The molecule has 0 aromatic heterocycles. The normalized spacial score (nSPS) is 12.4. The lowest BCUT2D eigenvalue weighted by molar-refractivity contribution is -0.150. The lowest BCUT2D eigenvalue weighted by Gasteiger charge is -2.17. The summed E-state index contributed by atoms with van der Waals surface area (Å²) >= 11 is 0. The minimum absolute atomic E-state index is 0.156. The molecule has 1 amide bonds. The van der Waals surface area contributed by atoms with Gasteiger partial charge in [0.05, 0.1) is 18.7 Å². The molecule has 11 heteroatoms. The average molecular weight is 494 g/mol. The fourth-order valence-corrected chi connectivity index (χ4v) is 2.48. The van der Waals surface area contributed by atoms with Gasteiger partial charge in [-0.05, 0) is 45.8 Å². The summed E-state index contributed by atoms with van der Waals surface area (Å²) in [5.41, 5.74) is 10.1. The van der Waals surface area contributed by atoms with Gasteiger partial charge in [-0.1, -0.05) is 41.5 Å². The molecule has 0 saturated heterocycles. The molecule has 0 aliphatic rings. The number of esters is 1. The average Bonchev–Trinajstić information content (AvgIpc) is 2.82. The number of nitrogens with two attached hydrogens (primary N) is 2. The van der Waals surface area contributed by atoms with Crippen LogP contribution >= 0.6 is 0 Å². The van der Waals surface area contributed by atoms with Crippen molar-refractivity contribution in [1.29, 1.82) is 0 Å². The summed E-state index contributed by atoms with van der Waals surface area (Å²) in [7, 11) is 6.34. The highest BCUT2D eigenvalue weighted by molar-refractivity contribution is 6.34. The number of carboxylic acid groups (broad SMARTS) is 1. The number of carboxylic acids is 1. The maximum atomic E-state index is 11.7. The predicted octanol–water partition coefficient (Wildman–Crippen LogP) is 0.502. The van der Waals surface area contributed by atoms with Crippen LogP contribution in [0.3, 0.4) is 0 Å². The Kier molecular flexibility index (Phi) is 29.4. The van der Waals surface area contributed by atoms with E-state index in [2.05, 4.69) is 21.7 Å². The summed E-state index contributed by atoms with van der Waals surface area (Å²) in [5, 5.41) is 16.5. The third kappa shape index (κ3) is 21.7. The smallest absolute Gasteiger partial charge is 0.373 e. The van der Waals surface area contributed by atoms with Gasteiger partial charge in [0.2, 0.25) is 5.91 Å². The molecule has 3 atom stereocenters. The van der Waals surface area contributed by atoms with E-state index in [1.165, 1.54) is 14.1 Å². The van der Waals surface area contributed by atoms with Gasteiger partial charge in [0.25, 0.3) is 5.78 Å². The molecule has 0 aromatic carbocycles. The largest absolute Gasteiger partial charge is 0.475 e. The van der Waals surface area contributed by atoms with Crippen LogP contribution in [0.25, 0.3) is 0 Å². The monoisotopic (exact) mass is 493 g/mol. The van der Waals surface area contributed by atoms with E-state index in [1.807, 2.05) is 41.5 Å². The van der Waals surface area contributed by atoms with Crippen molar-refractivity contribution in [1.82, 2.24) is 16.0 Å². The summed E-state index contributed by atoms with van der Waals surface area (Å²) in [5.74, 6) is -1.95. The quantitative estimate of drug-likeness (QED) is 0.156. The first-order valence-corrected chi connectivity index (χ1v) is 11.7. The Bertz CT molecular complexity index is 544. The fraction of sp³-hybridized carbons (Fsp3) is 0.826. The highest BCUT2D eigenvalue weighted by Gasteiger charge is 2.23. The topological polar surface area (TPSA) is 186 Å². The lowest BCUT2D eigenvalue weighted by atomic mass is 10.0. The highest BCUT2D eigenvalue weighted by Crippen LogP contribution is 2.06. The molecule has 34 heavy (non-hydrogen) atoms. The number of likely N-dealkylation sites (N-methyl/N-ethyl adjacent to an activating group) is 3. The van der Waals surface area contributed by atoms with Crippen LogP contribution in [-0.2, 0) is 23.9 Å². The number of aliphatic carboxylic acids is 1. The second kappa shape index (κ2) is 25.5. The Morgan fingerprint density at radius 3 is 1.59 bits per heavy atom. The predicted molar refractivity (Wildman–Crippen MR) is 136 cm³/mol. The first-order chi connectivity index (χ1) is 15.9. The third-order valence-electron chi connectivity index (χ3n) is 4.18. The summed E-state index contributed by atoms with van der Waals surface area (Å²) in [6, 6.07) is -1.50. The number of Topliss-reactive ketones (excluding diaryl/α,β-unsaturated/α-hetero) is 1. The van der Waals surface area contributed by atoms with E-state index in [1.54, 1.807) is 14.1 Å². The molecule has 0 rings (SSSR count). The van der Waals surface area contributed by atoms with E-state index in [9.17, 15) is 19.2 Å². The Labute approximate surface area is 206 Å². The van der Waals surface area contributed by atoms with Gasteiger partial charge in [-0.3, -0.25) is 14.4 Å². The molecule has 0 heterocycles. The number of carbonyl (C=O) groups is 4. The molecule has 204 valence electrons. The van der Waals surface area contributed by atoms with Crippen molar-refractivity contribution in [3.63, 3.8) is 0 Å². The van der Waals surface area contributed by atoms with Crippen molar-refractivity contribution in [2.24, 2.45) is 23.3 Å². The Morgan fingerprint density at radius 1 is 0.853 bits per heavy atom. The number of hydrogen-bond donors (Lipinski definition) is 6. The molecular weight excluding hydrogens is 442 g/mol. The van der Waals surface area contributed by atoms with Crippen molar-refractivity contribution in [3.05, 3.63) is 0 Å². The summed E-state index contributed by atoms with van der Waals surface area (Å²) < 4.78 is 5.10. The number of ketones is 1. The highest BCUT2D eigenvalue weighted by atomic mass is 16.5. The zero-order chi connectivity index (χ0) is 27.9. The molecule has 0 saturated carbocycles. The molecule has 0 radical (unpaired) electrons. The van der Waals surface area contributed by atoms with Gasteiger partial charge in [0.15, 0.2) is 0 Å². The molecule has 0 aromatic rings. The second-order valence-electron chi connectivity index (χ2n) is 7.79. The number of nitrogens with one attached hydrogen (secondary N) is 3. The van der Waals surface area contributed by atoms with Crippen LogP contribution < -0.4 is 27.4 Å². The molecule has 0 aliphatic heterocycles. The van der Waals surface area contributed by atoms with E-state index in [4.69, 9.17) is 15.6 Å². The Balaban J connectivity index is -0.000000244. The van der Waals surface area contributed by atoms with Crippen LogP contribution in [0.2, 0.25) is 0 Å². The number of carbonyl (C=O) groups excluding carboxylic acids is 3. The molecule has 0 aliphatic carbocycles. The SMILES string of the molecule is CC.CN.CNC(=O)[C@@H](N)CCOC(=O)[C@H](CC(C)C)NC.CN[C@@H](CC(C)C)C(=O)C(=O)O. The van der Waals surface area contributed by atoms with Gasteiger partial charge >= 0.3 is 11.9 Å². The van der Waals surface area contributed by atoms with Crippen LogP contribution in [-0.4, -0.2) is 81.7 Å². The molecular formula is C23H51N5O6. The lowest BCUT2D eigenvalue weighted by Crippen LogP contribution is -2.41. The third-order valence-corrected chi connectivity index (χ3v) is 4.18. The van der Waals surface area contributed by atoms with E-state index < -0.39 is 23.8 Å². The zero-order valence-electron chi connectivity index (χ0n) is 22.9. The van der Waals surface area contributed by atoms with Crippen molar-refractivity contribution in [3.8, 4) is 0 Å². The van der Waals surface area contributed by atoms with Crippen molar-refractivity contribution in [2.75, 3.05) is 34.8 Å². The minimum Gasteiger partial charge on any atom is -0.475 e. The van der Waals surface area contributed by atoms with E-state index >= 15 is 0 Å². The van der Waals surface area contributed by atoms with E-state index in [-0.39, 0.29) is 24.5 Å². The van der Waals surface area contributed by atoms with Crippen LogP contribution in [0.15, 0.2) is 0 Å². The van der Waals surface area contributed by atoms with E-state index in [0.717, 1.165) is 6.42 Å². The van der Waals surface area contributed by atoms with Crippen molar-refractivity contribution < 1.29 is 29.0 Å². The summed E-state index contributed by atoms with van der Waals surface area (Å²) in [6.45, 7) is 12.1. The Morgan fingerprint density at radius 2 is 1.26 bits per heavy atom. The van der Waals surface area contributed by atoms with Crippen molar-refractivity contribution >= 4 is 23.6 Å². The maximum Gasteiger partial charge on any atom is 0.373 e. The molecule has 0 bridgehead atoms. The molecule has 0 fully saturated rings. The molecule has 0 spiro atoms. The van der Waals surface area contributed by atoms with Gasteiger partial charge in [-0.25, -0.2) is 4.79 Å². The number of hydrogen-bond acceptors (Lipinski definition) is 9. The van der Waals surface area contributed by atoms with Gasteiger partial charge in [0.1, 0.15) is 6.04 Å². The standard InChI is InChI=1S/C12H25N3O3.C8H15NO3.C2H6.CH5N/c1-8(2)7-10(14-3)12(17)18-6-5-9(13)11(16)15-4;1-5(2)4-6(9-3)7(10)8(11)12;2*1-2/h8-10,14H,5-7,13H2,1-4H3,(H,15,16);5-6,9H,4H2,1-3H3,(H,11,12);1-2H3;2H2,1H3/t9-,10-;6-;;/m00../s1. The molecule has 8 N–H and O–H groups in total. The summed E-state index contributed by atoms with van der Waals surface area (Å²) in [4.78, 5) is 44.1. The minimum atomic E-state index is -1.37. The van der Waals surface area contributed by atoms with Gasteiger partial charge in [-0.2, -0.15) is 0 Å². The fourth-order valence-electron chi connectivity index (χ4n) is 2.48. The zero-order valence-corrected chi connectivity index (χ0v) is 22.9. The first kappa shape index (κ1) is 39.1. The number of amides is 1. The van der Waals surface area contributed by atoms with E-state index in [0.29, 0.717) is 24.7 Å². The Hall–Kier alpha value is -2.08. The maximum absolute atomic E-state index is 11.7. The molecule has 0 unspecified atom stereocenters. The summed E-state index contributed by atoms with van der Waals surface area (Å²) in [6.07, 6.45) is 1.60. The molecule has 11 nitrogen and oxygen atoms in total. The number of rotatable bonds is 13. The second-order valence-corrected chi connectivity index (χ2v) is 7.79. The van der Waals surface area contributed by atoms with Crippen LogP contribution in [0, 0.1) is 11.8 Å². The number of ether oxygens (including phenoxy) is 1. The van der Waals surface area contributed by atoms with Crippen molar-refractivity contribution in [2.45, 2.75) is 78.9 Å². The first-order valence-electron chi connectivity index (χ1n) is 11.7.